The summed E-state index contributed by atoms with van der Waals surface area (Å²) in [6.07, 6.45) is 3.18. The number of alkyl halides is 1. The Hall–Kier alpha value is -0.640. The summed E-state index contributed by atoms with van der Waals surface area (Å²) in [5.41, 5.74) is 0.231. The number of aromatic nitrogens is 4. The molecule has 0 saturated heterocycles. The van der Waals surface area contributed by atoms with E-state index in [4.69, 9.17) is 11.6 Å². The highest BCUT2D eigenvalue weighted by atomic mass is 35.5. The molecule has 1 saturated carbocycles. The van der Waals surface area contributed by atoms with E-state index in [1.807, 2.05) is 0 Å². The third-order valence-corrected chi connectivity index (χ3v) is 3.77. The van der Waals surface area contributed by atoms with Gasteiger partial charge in [-0.3, -0.25) is 0 Å². The molecule has 0 bridgehead atoms. The van der Waals surface area contributed by atoms with Gasteiger partial charge in [-0.25, -0.2) is 0 Å². The predicted octanol–water partition coefficient (Wildman–Crippen LogP) is 2.11. The zero-order valence-electron chi connectivity index (χ0n) is 9.44. The van der Waals surface area contributed by atoms with Gasteiger partial charge in [0.25, 0.3) is 0 Å². The smallest absolute Gasteiger partial charge is 0.167 e. The lowest BCUT2D eigenvalue weighted by Gasteiger charge is -2.38. The summed E-state index contributed by atoms with van der Waals surface area (Å²) >= 11 is 6.21. The van der Waals surface area contributed by atoms with E-state index in [1.54, 1.807) is 7.05 Å². The van der Waals surface area contributed by atoms with Crippen molar-refractivity contribution in [1.29, 1.82) is 0 Å². The summed E-state index contributed by atoms with van der Waals surface area (Å²) in [6, 6.07) is 0. The largest absolute Gasteiger partial charge is 0.178 e. The Kier molecular flexibility index (Phi) is 2.71. The van der Waals surface area contributed by atoms with E-state index in [9.17, 15) is 0 Å². The van der Waals surface area contributed by atoms with Gasteiger partial charge in [0, 0.05) is 11.3 Å². The van der Waals surface area contributed by atoms with Crippen molar-refractivity contribution in [2.24, 2.45) is 12.5 Å². The van der Waals surface area contributed by atoms with Gasteiger partial charge in [-0.2, -0.15) is 4.80 Å². The molecule has 0 aromatic carbocycles. The van der Waals surface area contributed by atoms with Crippen LogP contribution in [0.4, 0.5) is 0 Å². The molecule has 0 N–H and O–H groups in total. The first-order chi connectivity index (χ1) is 6.99. The molecule has 2 rings (SSSR count). The molecule has 4 nitrogen and oxygen atoms in total. The predicted molar refractivity (Wildman–Crippen MR) is 58.8 cm³/mol. The molecule has 0 aliphatic heterocycles. The highest BCUT2D eigenvalue weighted by molar-refractivity contribution is 6.20. The molecule has 2 unspecified atom stereocenters. The first-order valence-corrected chi connectivity index (χ1v) is 5.80. The standard InChI is InChI=1S/C10H17ClN4/c1-10(2)5-4-7(11)6-8(10)9-12-14-15(3)13-9/h7-8H,4-6H2,1-3H3. The minimum Gasteiger partial charge on any atom is -0.167 e. The van der Waals surface area contributed by atoms with Gasteiger partial charge in [0.1, 0.15) is 0 Å². The molecule has 0 spiro atoms. The summed E-state index contributed by atoms with van der Waals surface area (Å²) in [6.45, 7) is 4.52. The van der Waals surface area contributed by atoms with E-state index >= 15 is 0 Å². The molecule has 5 heteroatoms. The third-order valence-electron chi connectivity index (χ3n) is 3.37. The van der Waals surface area contributed by atoms with Crippen molar-refractivity contribution in [2.75, 3.05) is 0 Å². The maximum atomic E-state index is 6.21. The van der Waals surface area contributed by atoms with Gasteiger partial charge >= 0.3 is 0 Å². The van der Waals surface area contributed by atoms with E-state index in [1.165, 1.54) is 4.80 Å². The molecule has 1 aromatic heterocycles. The first kappa shape index (κ1) is 10.9. The fourth-order valence-electron chi connectivity index (χ4n) is 2.29. The molecule has 1 fully saturated rings. The van der Waals surface area contributed by atoms with E-state index in [-0.39, 0.29) is 10.8 Å². The maximum absolute atomic E-state index is 6.21. The molecule has 0 amide bonds. The summed E-state index contributed by atoms with van der Waals surface area (Å²) in [5.74, 6) is 1.18. The van der Waals surface area contributed by atoms with Gasteiger partial charge in [-0.15, -0.1) is 21.8 Å². The Balaban J connectivity index is 2.25. The van der Waals surface area contributed by atoms with Crippen LogP contribution in [0.5, 0.6) is 0 Å². The van der Waals surface area contributed by atoms with E-state index < -0.39 is 0 Å². The van der Waals surface area contributed by atoms with Gasteiger partial charge in [-0.05, 0) is 29.9 Å². The third kappa shape index (κ3) is 2.14. The van der Waals surface area contributed by atoms with Crippen molar-refractivity contribution in [2.45, 2.75) is 44.4 Å². The van der Waals surface area contributed by atoms with Crippen LogP contribution in [-0.2, 0) is 7.05 Å². The van der Waals surface area contributed by atoms with Crippen molar-refractivity contribution in [3.8, 4) is 0 Å². The zero-order chi connectivity index (χ0) is 11.1. The van der Waals surface area contributed by atoms with Crippen LogP contribution in [-0.4, -0.2) is 25.6 Å². The molecule has 1 aliphatic rings. The van der Waals surface area contributed by atoms with E-state index in [0.717, 1.165) is 25.1 Å². The van der Waals surface area contributed by atoms with Crippen LogP contribution < -0.4 is 0 Å². The second-order valence-electron chi connectivity index (χ2n) is 5.05. The SMILES string of the molecule is Cn1nnc(C2CC(Cl)CCC2(C)C)n1. The minimum absolute atomic E-state index is 0.231. The lowest BCUT2D eigenvalue weighted by atomic mass is 9.68. The number of halogens is 1. The van der Waals surface area contributed by atoms with Crippen LogP contribution in [0.1, 0.15) is 44.9 Å². The molecule has 0 radical (unpaired) electrons. The Morgan fingerprint density at radius 2 is 2.20 bits per heavy atom. The van der Waals surface area contributed by atoms with Crippen LogP contribution in [0, 0.1) is 5.41 Å². The van der Waals surface area contributed by atoms with Gasteiger partial charge in [-0.1, -0.05) is 13.8 Å². The molecule has 2 atom stereocenters. The van der Waals surface area contributed by atoms with E-state index in [0.29, 0.717) is 5.92 Å². The quantitative estimate of drug-likeness (QED) is 0.692. The number of hydrogen-bond acceptors (Lipinski definition) is 3. The average Bonchev–Trinajstić information content (AvgIpc) is 2.56. The van der Waals surface area contributed by atoms with Crippen LogP contribution in [0.2, 0.25) is 0 Å². The van der Waals surface area contributed by atoms with Crippen molar-refractivity contribution in [3.05, 3.63) is 5.82 Å². The highest BCUT2D eigenvalue weighted by Gasteiger charge is 2.39. The Morgan fingerprint density at radius 3 is 2.80 bits per heavy atom. The highest BCUT2D eigenvalue weighted by Crippen LogP contribution is 2.46. The molecular weight excluding hydrogens is 212 g/mol. The Bertz CT molecular complexity index is 347. The second kappa shape index (κ2) is 3.74. The molecule has 84 valence electrons. The minimum atomic E-state index is 0.231. The summed E-state index contributed by atoms with van der Waals surface area (Å²) in [4.78, 5) is 1.52. The molecule has 1 aromatic rings. The molecule has 1 aliphatic carbocycles. The lowest BCUT2D eigenvalue weighted by molar-refractivity contribution is 0.195. The van der Waals surface area contributed by atoms with Gasteiger partial charge in [0.2, 0.25) is 0 Å². The summed E-state index contributed by atoms with van der Waals surface area (Å²) in [5, 5.41) is 12.6. The number of rotatable bonds is 1. The van der Waals surface area contributed by atoms with E-state index in [2.05, 4.69) is 29.3 Å². The number of nitrogens with zero attached hydrogens (tertiary/aromatic N) is 4. The van der Waals surface area contributed by atoms with Crippen LogP contribution in [0.25, 0.3) is 0 Å². The Labute approximate surface area is 95.0 Å². The lowest BCUT2D eigenvalue weighted by Crippen LogP contribution is -2.31. The summed E-state index contributed by atoms with van der Waals surface area (Å²) < 4.78 is 0. The molecule has 1 heterocycles. The second-order valence-corrected chi connectivity index (χ2v) is 5.67. The number of hydrogen-bond donors (Lipinski definition) is 0. The number of tetrazole rings is 1. The van der Waals surface area contributed by atoms with Crippen molar-refractivity contribution in [3.63, 3.8) is 0 Å². The van der Waals surface area contributed by atoms with Crippen molar-refractivity contribution in [1.82, 2.24) is 20.2 Å². The number of aryl methyl sites for hydroxylation is 1. The van der Waals surface area contributed by atoms with Crippen LogP contribution >= 0.6 is 11.6 Å². The average molecular weight is 229 g/mol. The topological polar surface area (TPSA) is 43.6 Å². The van der Waals surface area contributed by atoms with Crippen molar-refractivity contribution >= 4 is 11.6 Å². The Morgan fingerprint density at radius 1 is 1.47 bits per heavy atom. The fourth-order valence-corrected chi connectivity index (χ4v) is 2.58. The zero-order valence-corrected chi connectivity index (χ0v) is 10.2. The van der Waals surface area contributed by atoms with Crippen LogP contribution in [0.3, 0.4) is 0 Å². The summed E-state index contributed by atoms with van der Waals surface area (Å²) in [7, 11) is 1.80. The van der Waals surface area contributed by atoms with Gasteiger partial charge in [0.05, 0.1) is 7.05 Å². The fraction of sp³-hybridized carbons (Fsp3) is 0.900. The maximum Gasteiger partial charge on any atom is 0.178 e. The van der Waals surface area contributed by atoms with Crippen molar-refractivity contribution < 1.29 is 0 Å². The molecular formula is C10H17ClN4. The first-order valence-electron chi connectivity index (χ1n) is 5.37. The van der Waals surface area contributed by atoms with Gasteiger partial charge < -0.3 is 0 Å². The monoisotopic (exact) mass is 228 g/mol. The molecule has 15 heavy (non-hydrogen) atoms. The van der Waals surface area contributed by atoms with Gasteiger partial charge in [0.15, 0.2) is 5.82 Å². The van der Waals surface area contributed by atoms with Crippen LogP contribution in [0.15, 0.2) is 0 Å². The normalized spacial score (nSPS) is 30.4.